The number of aryl methyl sites for hydroxylation is 2. The summed E-state index contributed by atoms with van der Waals surface area (Å²) in [5.74, 6) is -0.998. The molecule has 0 fully saturated rings. The summed E-state index contributed by atoms with van der Waals surface area (Å²) in [6.07, 6.45) is 2.42. The molecule has 0 bridgehead atoms. The maximum atomic E-state index is 13.7. The molecule has 0 radical (unpaired) electrons. The molecule has 1 atom stereocenters. The third kappa shape index (κ3) is 4.64. The van der Waals surface area contributed by atoms with Gasteiger partial charge in [0.1, 0.15) is 11.6 Å². The van der Waals surface area contributed by atoms with E-state index in [-0.39, 0.29) is 6.04 Å². The highest BCUT2D eigenvalue weighted by Crippen LogP contribution is 2.14. The van der Waals surface area contributed by atoms with Crippen molar-refractivity contribution in [1.29, 1.82) is 0 Å². The molecule has 0 heterocycles. The Hall–Kier alpha value is -1.74. The van der Waals surface area contributed by atoms with Gasteiger partial charge in [-0.25, -0.2) is 8.78 Å². The van der Waals surface area contributed by atoms with Crippen molar-refractivity contribution in [3.05, 3.63) is 70.8 Å². The fraction of sp³-hybridized carbons (Fsp3) is 0.333. The van der Waals surface area contributed by atoms with Crippen LogP contribution in [-0.2, 0) is 12.8 Å². The maximum absolute atomic E-state index is 13.7. The van der Waals surface area contributed by atoms with Gasteiger partial charge in [0, 0.05) is 12.1 Å². The zero-order chi connectivity index (χ0) is 15.2. The molecule has 2 aromatic carbocycles. The highest BCUT2D eigenvalue weighted by atomic mass is 19.1. The molecule has 0 amide bonds. The van der Waals surface area contributed by atoms with E-state index < -0.39 is 11.6 Å². The van der Waals surface area contributed by atoms with Gasteiger partial charge in [-0.1, -0.05) is 35.9 Å². The molecule has 2 aromatic rings. The van der Waals surface area contributed by atoms with Crippen LogP contribution in [0.5, 0.6) is 0 Å². The Kier molecular flexibility index (Phi) is 5.45. The summed E-state index contributed by atoms with van der Waals surface area (Å²) in [6.45, 7) is 2.07. The molecule has 3 heteroatoms. The molecular formula is C18H21F2N. The monoisotopic (exact) mass is 289 g/mol. The first kappa shape index (κ1) is 15.6. The average Bonchev–Trinajstić information content (AvgIpc) is 2.47. The zero-order valence-corrected chi connectivity index (χ0v) is 12.5. The number of hydrogen-bond acceptors (Lipinski definition) is 1. The Labute approximate surface area is 125 Å². The van der Waals surface area contributed by atoms with E-state index in [0.29, 0.717) is 12.0 Å². The summed E-state index contributed by atoms with van der Waals surface area (Å²) in [5.41, 5.74) is 3.08. The molecule has 1 unspecified atom stereocenters. The Morgan fingerprint density at radius 1 is 1.05 bits per heavy atom. The van der Waals surface area contributed by atoms with Crippen LogP contribution in [0.4, 0.5) is 8.78 Å². The molecular weight excluding hydrogens is 268 g/mol. The van der Waals surface area contributed by atoms with Crippen molar-refractivity contribution in [2.75, 3.05) is 7.05 Å². The molecule has 0 aliphatic carbocycles. The van der Waals surface area contributed by atoms with E-state index in [1.54, 1.807) is 0 Å². The molecule has 112 valence electrons. The van der Waals surface area contributed by atoms with Crippen LogP contribution >= 0.6 is 0 Å². The largest absolute Gasteiger partial charge is 0.317 e. The fourth-order valence-corrected chi connectivity index (χ4v) is 2.40. The minimum Gasteiger partial charge on any atom is -0.317 e. The molecule has 21 heavy (non-hydrogen) atoms. The minimum atomic E-state index is -0.531. The van der Waals surface area contributed by atoms with Crippen LogP contribution < -0.4 is 5.32 Å². The van der Waals surface area contributed by atoms with Gasteiger partial charge in [0.05, 0.1) is 0 Å². The molecule has 0 aliphatic heterocycles. The quantitative estimate of drug-likeness (QED) is 0.846. The summed E-state index contributed by atoms with van der Waals surface area (Å²) < 4.78 is 26.6. The lowest BCUT2D eigenvalue weighted by Crippen LogP contribution is -2.28. The van der Waals surface area contributed by atoms with E-state index in [9.17, 15) is 8.78 Å². The van der Waals surface area contributed by atoms with Gasteiger partial charge >= 0.3 is 0 Å². The SMILES string of the molecule is CNC(CCc1ccc(C)cc1)Cc1ccc(F)cc1F. The first-order valence-electron chi connectivity index (χ1n) is 7.25. The van der Waals surface area contributed by atoms with Crippen molar-refractivity contribution in [3.8, 4) is 0 Å². The van der Waals surface area contributed by atoms with Gasteiger partial charge in [0.2, 0.25) is 0 Å². The molecule has 0 aromatic heterocycles. The van der Waals surface area contributed by atoms with Gasteiger partial charge in [-0.3, -0.25) is 0 Å². The number of likely N-dealkylation sites (N-methyl/N-ethyl adjacent to an activating group) is 1. The van der Waals surface area contributed by atoms with Gasteiger partial charge in [0.15, 0.2) is 0 Å². The first-order valence-corrected chi connectivity index (χ1v) is 7.25. The minimum absolute atomic E-state index is 0.172. The molecule has 2 rings (SSSR count). The Morgan fingerprint density at radius 2 is 1.76 bits per heavy atom. The van der Waals surface area contributed by atoms with Crippen LogP contribution in [0.1, 0.15) is 23.1 Å². The van der Waals surface area contributed by atoms with Crippen molar-refractivity contribution in [1.82, 2.24) is 5.32 Å². The summed E-state index contributed by atoms with van der Waals surface area (Å²) in [5, 5.41) is 3.21. The standard InChI is InChI=1S/C18H21F2N/c1-13-3-5-14(6-4-13)7-10-17(21-2)11-15-8-9-16(19)12-18(15)20/h3-6,8-9,12,17,21H,7,10-11H2,1-2H3. The lowest BCUT2D eigenvalue weighted by Gasteiger charge is -2.17. The van der Waals surface area contributed by atoms with Gasteiger partial charge in [0.25, 0.3) is 0 Å². The normalized spacial score (nSPS) is 12.4. The number of halogens is 2. The van der Waals surface area contributed by atoms with Crippen molar-refractivity contribution < 1.29 is 8.78 Å². The third-order valence-corrected chi connectivity index (χ3v) is 3.79. The number of rotatable bonds is 6. The average molecular weight is 289 g/mol. The van der Waals surface area contributed by atoms with E-state index in [1.165, 1.54) is 23.3 Å². The molecule has 0 saturated heterocycles. The van der Waals surface area contributed by atoms with E-state index in [4.69, 9.17) is 0 Å². The van der Waals surface area contributed by atoms with E-state index in [2.05, 4.69) is 36.5 Å². The van der Waals surface area contributed by atoms with Crippen molar-refractivity contribution in [2.24, 2.45) is 0 Å². The van der Waals surface area contributed by atoms with Crippen LogP contribution in [-0.4, -0.2) is 13.1 Å². The molecule has 1 N–H and O–H groups in total. The third-order valence-electron chi connectivity index (χ3n) is 3.79. The second-order valence-electron chi connectivity index (χ2n) is 5.45. The van der Waals surface area contributed by atoms with Crippen LogP contribution in [0.3, 0.4) is 0 Å². The van der Waals surface area contributed by atoms with Gasteiger partial charge in [-0.2, -0.15) is 0 Å². The van der Waals surface area contributed by atoms with Crippen LogP contribution in [0.2, 0.25) is 0 Å². The van der Waals surface area contributed by atoms with E-state index in [0.717, 1.165) is 18.9 Å². The van der Waals surface area contributed by atoms with Crippen LogP contribution in [0, 0.1) is 18.6 Å². The number of hydrogen-bond donors (Lipinski definition) is 1. The number of nitrogens with one attached hydrogen (secondary N) is 1. The van der Waals surface area contributed by atoms with E-state index in [1.807, 2.05) is 7.05 Å². The second-order valence-corrected chi connectivity index (χ2v) is 5.45. The molecule has 0 saturated carbocycles. The van der Waals surface area contributed by atoms with Gasteiger partial charge < -0.3 is 5.32 Å². The van der Waals surface area contributed by atoms with Crippen LogP contribution in [0.15, 0.2) is 42.5 Å². The fourth-order valence-electron chi connectivity index (χ4n) is 2.40. The summed E-state index contributed by atoms with van der Waals surface area (Å²) in [7, 11) is 1.88. The Morgan fingerprint density at radius 3 is 2.38 bits per heavy atom. The van der Waals surface area contributed by atoms with Crippen LogP contribution in [0.25, 0.3) is 0 Å². The van der Waals surface area contributed by atoms with Crippen molar-refractivity contribution in [3.63, 3.8) is 0 Å². The maximum Gasteiger partial charge on any atom is 0.129 e. The second kappa shape index (κ2) is 7.32. The predicted molar refractivity (Wildman–Crippen MR) is 82.4 cm³/mol. The van der Waals surface area contributed by atoms with Gasteiger partial charge in [-0.15, -0.1) is 0 Å². The van der Waals surface area contributed by atoms with Crippen molar-refractivity contribution in [2.45, 2.75) is 32.2 Å². The molecule has 1 nitrogen and oxygen atoms in total. The lowest BCUT2D eigenvalue weighted by atomic mass is 9.98. The number of benzene rings is 2. The highest BCUT2D eigenvalue weighted by molar-refractivity contribution is 5.22. The zero-order valence-electron chi connectivity index (χ0n) is 12.5. The van der Waals surface area contributed by atoms with Gasteiger partial charge in [-0.05, 0) is 50.4 Å². The Bertz CT molecular complexity index is 578. The van der Waals surface area contributed by atoms with Crippen molar-refractivity contribution >= 4 is 0 Å². The Balaban J connectivity index is 1.95. The summed E-state index contributed by atoms with van der Waals surface area (Å²) >= 11 is 0. The predicted octanol–water partition coefficient (Wildman–Crippen LogP) is 4.04. The topological polar surface area (TPSA) is 12.0 Å². The highest BCUT2D eigenvalue weighted by Gasteiger charge is 2.11. The first-order chi connectivity index (χ1) is 10.1. The van der Waals surface area contributed by atoms with E-state index >= 15 is 0 Å². The summed E-state index contributed by atoms with van der Waals surface area (Å²) in [6, 6.07) is 12.4. The smallest absolute Gasteiger partial charge is 0.129 e. The lowest BCUT2D eigenvalue weighted by molar-refractivity contribution is 0.500. The molecule has 0 spiro atoms. The summed E-state index contributed by atoms with van der Waals surface area (Å²) in [4.78, 5) is 0. The molecule has 0 aliphatic rings.